The average Bonchev–Trinajstić information content (AvgIpc) is 2.69. The number of anilines is 1. The lowest BCUT2D eigenvalue weighted by Crippen LogP contribution is -2.40. The van der Waals surface area contributed by atoms with E-state index >= 15 is 0 Å². The van der Waals surface area contributed by atoms with Crippen molar-refractivity contribution in [2.24, 2.45) is 0 Å². The Kier molecular flexibility index (Phi) is 7.03. The third-order valence-corrected chi connectivity index (χ3v) is 4.42. The highest BCUT2D eigenvalue weighted by Gasteiger charge is 2.33. The summed E-state index contributed by atoms with van der Waals surface area (Å²) in [6.45, 7) is 2.10. The molecule has 2 rings (SSSR count). The number of carbonyl (C=O) groups is 1. The van der Waals surface area contributed by atoms with E-state index in [2.05, 4.69) is 10.6 Å². The number of halogens is 3. The lowest BCUT2D eigenvalue weighted by atomic mass is 10.1. The number of nitrogens with zero attached hydrogens (tertiary/aromatic N) is 2. The van der Waals surface area contributed by atoms with Crippen molar-refractivity contribution in [2.45, 2.75) is 19.1 Å². The SMILES string of the molecule is CC(c1ccccc1)N(C)C(=O)NCCNc1ccc(C(F)(F)F)cc1[N+](=O)[O-]. The first-order valence-electron chi connectivity index (χ1n) is 8.76. The van der Waals surface area contributed by atoms with Gasteiger partial charge >= 0.3 is 12.2 Å². The molecule has 0 heterocycles. The van der Waals surface area contributed by atoms with Crippen LogP contribution in [0, 0.1) is 10.1 Å². The molecule has 2 amide bonds. The van der Waals surface area contributed by atoms with Crippen LogP contribution in [-0.4, -0.2) is 36.0 Å². The Morgan fingerprint density at radius 2 is 1.83 bits per heavy atom. The van der Waals surface area contributed by atoms with Gasteiger partial charge in [-0.15, -0.1) is 0 Å². The Morgan fingerprint density at radius 3 is 2.41 bits per heavy atom. The molecule has 2 aromatic rings. The molecule has 1 atom stereocenters. The second kappa shape index (κ2) is 9.26. The monoisotopic (exact) mass is 410 g/mol. The molecule has 0 bridgehead atoms. The maximum atomic E-state index is 12.7. The molecule has 10 heteroatoms. The van der Waals surface area contributed by atoms with Gasteiger partial charge in [-0.25, -0.2) is 4.79 Å². The average molecular weight is 410 g/mol. The Hall–Kier alpha value is -3.30. The van der Waals surface area contributed by atoms with Gasteiger partial charge in [0.25, 0.3) is 5.69 Å². The van der Waals surface area contributed by atoms with Crippen LogP contribution in [0.3, 0.4) is 0 Å². The van der Waals surface area contributed by atoms with E-state index < -0.39 is 22.4 Å². The van der Waals surface area contributed by atoms with Gasteiger partial charge in [-0.1, -0.05) is 30.3 Å². The number of urea groups is 1. The van der Waals surface area contributed by atoms with Gasteiger partial charge in [-0.2, -0.15) is 13.2 Å². The van der Waals surface area contributed by atoms with E-state index in [0.29, 0.717) is 6.07 Å². The first-order chi connectivity index (χ1) is 13.6. The van der Waals surface area contributed by atoms with Crippen LogP contribution in [0.1, 0.15) is 24.1 Å². The zero-order chi connectivity index (χ0) is 21.6. The summed E-state index contributed by atoms with van der Waals surface area (Å²) in [4.78, 5) is 23.9. The number of rotatable bonds is 7. The first kappa shape index (κ1) is 22.0. The minimum Gasteiger partial charge on any atom is -0.378 e. The van der Waals surface area contributed by atoms with Crippen molar-refractivity contribution < 1.29 is 22.9 Å². The van der Waals surface area contributed by atoms with Crippen LogP contribution in [0.5, 0.6) is 0 Å². The Morgan fingerprint density at radius 1 is 1.17 bits per heavy atom. The Labute approximate surface area is 165 Å². The van der Waals surface area contributed by atoms with Crippen LogP contribution in [0.25, 0.3) is 0 Å². The van der Waals surface area contributed by atoms with Crippen molar-refractivity contribution in [3.8, 4) is 0 Å². The molecule has 0 aliphatic carbocycles. The molecule has 0 aromatic heterocycles. The van der Waals surface area contributed by atoms with Gasteiger partial charge in [0.1, 0.15) is 5.69 Å². The lowest BCUT2D eigenvalue weighted by molar-refractivity contribution is -0.384. The molecule has 0 aliphatic rings. The fourth-order valence-electron chi connectivity index (χ4n) is 2.63. The van der Waals surface area contributed by atoms with E-state index in [0.717, 1.165) is 17.7 Å². The molecule has 2 aromatic carbocycles. The quantitative estimate of drug-likeness (QED) is 0.402. The maximum Gasteiger partial charge on any atom is 0.416 e. The van der Waals surface area contributed by atoms with Gasteiger partial charge in [-0.05, 0) is 24.6 Å². The molecule has 0 spiro atoms. The van der Waals surface area contributed by atoms with Crippen LogP contribution in [0.4, 0.5) is 29.3 Å². The van der Waals surface area contributed by atoms with Crippen LogP contribution >= 0.6 is 0 Å². The van der Waals surface area contributed by atoms with Crippen LogP contribution in [0.15, 0.2) is 48.5 Å². The Bertz CT molecular complexity index is 860. The molecular formula is C19H21F3N4O3. The summed E-state index contributed by atoms with van der Waals surface area (Å²) in [5, 5.41) is 16.4. The summed E-state index contributed by atoms with van der Waals surface area (Å²) in [6, 6.07) is 11.2. The van der Waals surface area contributed by atoms with E-state index in [9.17, 15) is 28.1 Å². The zero-order valence-electron chi connectivity index (χ0n) is 15.9. The van der Waals surface area contributed by atoms with Crippen LogP contribution < -0.4 is 10.6 Å². The largest absolute Gasteiger partial charge is 0.416 e. The molecule has 29 heavy (non-hydrogen) atoms. The predicted octanol–water partition coefficient (Wildman–Crippen LogP) is 4.43. The summed E-state index contributed by atoms with van der Waals surface area (Å²) < 4.78 is 38.2. The predicted molar refractivity (Wildman–Crippen MR) is 103 cm³/mol. The zero-order valence-corrected chi connectivity index (χ0v) is 15.9. The topological polar surface area (TPSA) is 87.5 Å². The number of nitro groups is 1. The standard InChI is InChI=1S/C19H21F3N4O3/c1-13(14-6-4-3-5-7-14)25(2)18(27)24-11-10-23-16-9-8-15(19(20,21)22)12-17(16)26(28)29/h3-9,12-13,23H,10-11H2,1-2H3,(H,24,27). The molecular weight excluding hydrogens is 389 g/mol. The van der Waals surface area contributed by atoms with Crippen molar-refractivity contribution >= 4 is 17.4 Å². The summed E-state index contributed by atoms with van der Waals surface area (Å²) in [7, 11) is 1.64. The maximum absolute atomic E-state index is 12.7. The molecule has 0 aliphatic heterocycles. The number of hydrogen-bond acceptors (Lipinski definition) is 4. The summed E-state index contributed by atoms with van der Waals surface area (Å²) in [5.41, 5.74) is -0.868. The third-order valence-electron chi connectivity index (χ3n) is 4.42. The smallest absolute Gasteiger partial charge is 0.378 e. The number of carbonyl (C=O) groups excluding carboxylic acids is 1. The minimum atomic E-state index is -4.67. The van der Waals surface area contributed by atoms with Crippen LogP contribution in [0.2, 0.25) is 0 Å². The van der Waals surface area contributed by atoms with Crippen molar-refractivity contribution in [2.75, 3.05) is 25.5 Å². The van der Waals surface area contributed by atoms with Gasteiger partial charge < -0.3 is 15.5 Å². The van der Waals surface area contributed by atoms with Gasteiger partial charge in [0, 0.05) is 26.2 Å². The van der Waals surface area contributed by atoms with Crippen molar-refractivity contribution in [1.29, 1.82) is 0 Å². The second-order valence-corrected chi connectivity index (χ2v) is 6.34. The highest BCUT2D eigenvalue weighted by molar-refractivity contribution is 5.74. The fourth-order valence-corrected chi connectivity index (χ4v) is 2.63. The fraction of sp³-hybridized carbons (Fsp3) is 0.316. The highest BCUT2D eigenvalue weighted by Crippen LogP contribution is 2.34. The third kappa shape index (κ3) is 5.84. The molecule has 156 valence electrons. The van der Waals surface area contributed by atoms with E-state index in [-0.39, 0.29) is 30.8 Å². The Balaban J connectivity index is 1.91. The van der Waals surface area contributed by atoms with E-state index in [1.54, 1.807) is 7.05 Å². The molecule has 2 N–H and O–H groups in total. The molecule has 1 unspecified atom stereocenters. The molecule has 7 nitrogen and oxygen atoms in total. The summed E-state index contributed by atoms with van der Waals surface area (Å²) in [6.07, 6.45) is -4.67. The van der Waals surface area contributed by atoms with E-state index in [1.165, 1.54) is 4.90 Å². The van der Waals surface area contributed by atoms with Crippen molar-refractivity contribution in [3.63, 3.8) is 0 Å². The first-order valence-corrected chi connectivity index (χ1v) is 8.76. The summed E-state index contributed by atoms with van der Waals surface area (Å²) in [5.74, 6) is 0. The van der Waals surface area contributed by atoms with Gasteiger partial charge in [-0.3, -0.25) is 10.1 Å². The molecule has 0 saturated carbocycles. The minimum absolute atomic E-state index is 0.0525. The van der Waals surface area contributed by atoms with Crippen molar-refractivity contribution in [3.05, 3.63) is 69.8 Å². The van der Waals surface area contributed by atoms with Crippen LogP contribution in [-0.2, 0) is 6.18 Å². The number of benzene rings is 2. The number of nitrogens with one attached hydrogen (secondary N) is 2. The number of nitro benzene ring substituents is 1. The molecule has 0 saturated heterocycles. The normalized spacial score (nSPS) is 12.2. The van der Waals surface area contributed by atoms with Gasteiger partial charge in [0.2, 0.25) is 0 Å². The van der Waals surface area contributed by atoms with E-state index in [1.807, 2.05) is 37.3 Å². The van der Waals surface area contributed by atoms with Crippen molar-refractivity contribution in [1.82, 2.24) is 10.2 Å². The highest BCUT2D eigenvalue weighted by atomic mass is 19.4. The summed E-state index contributed by atoms with van der Waals surface area (Å²) >= 11 is 0. The van der Waals surface area contributed by atoms with Gasteiger partial charge in [0.05, 0.1) is 16.5 Å². The number of hydrogen-bond donors (Lipinski definition) is 2. The molecule has 0 fully saturated rings. The molecule has 0 radical (unpaired) electrons. The lowest BCUT2D eigenvalue weighted by Gasteiger charge is -2.25. The van der Waals surface area contributed by atoms with E-state index in [4.69, 9.17) is 0 Å². The second-order valence-electron chi connectivity index (χ2n) is 6.34. The number of alkyl halides is 3. The number of amides is 2. The van der Waals surface area contributed by atoms with Gasteiger partial charge in [0.15, 0.2) is 0 Å².